The molecule has 2 aliphatic carbocycles. The lowest BCUT2D eigenvalue weighted by atomic mass is 9.86. The van der Waals surface area contributed by atoms with Crippen LogP contribution in [0.15, 0.2) is 0 Å². The Bertz CT molecular complexity index is 293. The van der Waals surface area contributed by atoms with E-state index in [9.17, 15) is 5.26 Å². The van der Waals surface area contributed by atoms with Crippen LogP contribution in [-0.2, 0) is 4.74 Å². The van der Waals surface area contributed by atoms with Crippen LogP contribution >= 0.6 is 0 Å². The predicted octanol–water partition coefficient (Wildman–Crippen LogP) is 3.01. The van der Waals surface area contributed by atoms with Crippen LogP contribution in [0.5, 0.6) is 0 Å². The minimum atomic E-state index is -0.282. The number of nitrogens with one attached hydrogen (secondary N) is 1. The van der Waals surface area contributed by atoms with Gasteiger partial charge < -0.3 is 10.1 Å². The zero-order valence-electron chi connectivity index (χ0n) is 11.6. The van der Waals surface area contributed by atoms with Gasteiger partial charge in [-0.25, -0.2) is 0 Å². The van der Waals surface area contributed by atoms with Gasteiger partial charge in [0.2, 0.25) is 0 Å². The molecule has 0 spiro atoms. The maximum Gasteiger partial charge on any atom is 0.109 e. The number of ether oxygens (including phenoxy) is 1. The third kappa shape index (κ3) is 3.05. The molecular weight excluding hydrogens is 224 g/mol. The fourth-order valence-electron chi connectivity index (χ4n) is 3.61. The highest BCUT2D eigenvalue weighted by atomic mass is 16.5. The molecule has 0 bridgehead atoms. The standard InChI is InChI=1S/C15H26N2O/c1-17-15(12-16)10-5-6-13(15)9-11-18-14-7-3-2-4-8-14/h13-14,17H,2-11H2,1H3. The van der Waals surface area contributed by atoms with Crippen LogP contribution in [0.4, 0.5) is 0 Å². The summed E-state index contributed by atoms with van der Waals surface area (Å²) in [5.74, 6) is 0.469. The molecule has 102 valence electrons. The molecule has 1 N–H and O–H groups in total. The van der Waals surface area contributed by atoms with Gasteiger partial charge in [0.15, 0.2) is 0 Å². The van der Waals surface area contributed by atoms with Gasteiger partial charge in [0.05, 0.1) is 12.2 Å². The van der Waals surface area contributed by atoms with E-state index in [1.54, 1.807) is 0 Å². The van der Waals surface area contributed by atoms with Gasteiger partial charge in [-0.05, 0) is 45.1 Å². The van der Waals surface area contributed by atoms with E-state index in [1.807, 2.05) is 7.05 Å². The number of nitrogens with zero attached hydrogens (tertiary/aromatic N) is 1. The minimum Gasteiger partial charge on any atom is -0.378 e. The Morgan fingerprint density at radius 1 is 1.22 bits per heavy atom. The highest BCUT2D eigenvalue weighted by molar-refractivity contribution is 5.13. The average molecular weight is 250 g/mol. The first-order valence-corrected chi connectivity index (χ1v) is 7.52. The average Bonchev–Trinajstić information content (AvgIpc) is 2.84. The Kier molecular flexibility index (Phi) is 5.03. The molecule has 0 radical (unpaired) electrons. The molecule has 3 heteroatoms. The zero-order chi connectivity index (χ0) is 12.8. The van der Waals surface area contributed by atoms with E-state index >= 15 is 0 Å². The molecule has 2 fully saturated rings. The summed E-state index contributed by atoms with van der Waals surface area (Å²) in [7, 11) is 1.92. The minimum absolute atomic E-state index is 0.282. The molecule has 0 aliphatic heterocycles. The van der Waals surface area contributed by atoms with E-state index in [-0.39, 0.29) is 5.54 Å². The zero-order valence-corrected chi connectivity index (χ0v) is 11.6. The Morgan fingerprint density at radius 2 is 2.00 bits per heavy atom. The normalized spacial score (nSPS) is 33.4. The van der Waals surface area contributed by atoms with Crippen LogP contribution in [-0.4, -0.2) is 25.3 Å². The van der Waals surface area contributed by atoms with E-state index < -0.39 is 0 Å². The summed E-state index contributed by atoms with van der Waals surface area (Å²) in [5, 5.41) is 12.6. The summed E-state index contributed by atoms with van der Waals surface area (Å²) in [5.41, 5.74) is -0.282. The van der Waals surface area contributed by atoms with E-state index in [4.69, 9.17) is 4.74 Å². The van der Waals surface area contributed by atoms with Crippen molar-refractivity contribution in [3.63, 3.8) is 0 Å². The molecule has 0 aromatic heterocycles. The van der Waals surface area contributed by atoms with Crippen molar-refractivity contribution in [1.29, 1.82) is 5.26 Å². The van der Waals surface area contributed by atoms with Crippen LogP contribution in [0.3, 0.4) is 0 Å². The largest absolute Gasteiger partial charge is 0.378 e. The third-order valence-electron chi connectivity index (χ3n) is 4.84. The Hall–Kier alpha value is -0.590. The first-order valence-electron chi connectivity index (χ1n) is 7.52. The van der Waals surface area contributed by atoms with Gasteiger partial charge in [0.1, 0.15) is 5.54 Å². The quantitative estimate of drug-likeness (QED) is 0.815. The summed E-state index contributed by atoms with van der Waals surface area (Å²) in [6.45, 7) is 0.834. The lowest BCUT2D eigenvalue weighted by molar-refractivity contribution is 0.0185. The summed E-state index contributed by atoms with van der Waals surface area (Å²) in [6, 6.07) is 2.50. The molecule has 18 heavy (non-hydrogen) atoms. The maximum atomic E-state index is 9.38. The molecule has 2 saturated carbocycles. The number of hydrogen-bond donors (Lipinski definition) is 1. The number of nitriles is 1. The van der Waals surface area contributed by atoms with Crippen molar-refractivity contribution in [2.45, 2.75) is 69.4 Å². The molecule has 2 rings (SSSR count). The first kappa shape index (κ1) is 13.8. The van der Waals surface area contributed by atoms with Gasteiger partial charge in [-0.2, -0.15) is 5.26 Å². The molecular formula is C15H26N2O. The summed E-state index contributed by atoms with van der Waals surface area (Å²) >= 11 is 0. The molecule has 0 amide bonds. The molecule has 0 saturated heterocycles. The van der Waals surface area contributed by atoms with Crippen LogP contribution < -0.4 is 5.32 Å². The molecule has 0 aromatic rings. The van der Waals surface area contributed by atoms with Gasteiger partial charge >= 0.3 is 0 Å². The second-order valence-corrected chi connectivity index (χ2v) is 5.84. The molecule has 0 aromatic carbocycles. The van der Waals surface area contributed by atoms with Gasteiger partial charge in [-0.3, -0.25) is 0 Å². The van der Waals surface area contributed by atoms with Crippen LogP contribution in [0.1, 0.15) is 57.8 Å². The predicted molar refractivity (Wildman–Crippen MR) is 72.2 cm³/mol. The first-order chi connectivity index (χ1) is 8.80. The van der Waals surface area contributed by atoms with Crippen molar-refractivity contribution in [3.8, 4) is 6.07 Å². The van der Waals surface area contributed by atoms with Crippen molar-refractivity contribution < 1.29 is 4.74 Å². The SMILES string of the molecule is CNC1(C#N)CCCC1CCOC1CCCCC1. The number of rotatable bonds is 5. The van der Waals surface area contributed by atoms with E-state index in [2.05, 4.69) is 11.4 Å². The third-order valence-corrected chi connectivity index (χ3v) is 4.84. The second-order valence-electron chi connectivity index (χ2n) is 5.84. The monoisotopic (exact) mass is 250 g/mol. The molecule has 3 nitrogen and oxygen atoms in total. The fourth-order valence-corrected chi connectivity index (χ4v) is 3.61. The van der Waals surface area contributed by atoms with E-state index in [0.29, 0.717) is 12.0 Å². The van der Waals surface area contributed by atoms with E-state index in [0.717, 1.165) is 19.4 Å². The van der Waals surface area contributed by atoms with Crippen LogP contribution in [0.2, 0.25) is 0 Å². The summed E-state index contributed by atoms with van der Waals surface area (Å²) in [6.07, 6.45) is 11.4. The maximum absolute atomic E-state index is 9.38. The summed E-state index contributed by atoms with van der Waals surface area (Å²) < 4.78 is 5.99. The molecule has 2 atom stereocenters. The van der Waals surface area contributed by atoms with Gasteiger partial charge in [0.25, 0.3) is 0 Å². The van der Waals surface area contributed by atoms with Crippen LogP contribution in [0, 0.1) is 17.2 Å². The Balaban J connectivity index is 1.74. The van der Waals surface area contributed by atoms with Crippen molar-refractivity contribution in [2.24, 2.45) is 5.92 Å². The Labute approximate surface area is 111 Å². The topological polar surface area (TPSA) is 45.0 Å². The highest BCUT2D eigenvalue weighted by Gasteiger charge is 2.41. The molecule has 2 unspecified atom stereocenters. The Morgan fingerprint density at radius 3 is 2.67 bits per heavy atom. The van der Waals surface area contributed by atoms with Crippen molar-refractivity contribution in [2.75, 3.05) is 13.7 Å². The van der Waals surface area contributed by atoms with Crippen molar-refractivity contribution >= 4 is 0 Å². The lowest BCUT2D eigenvalue weighted by Gasteiger charge is -2.29. The highest BCUT2D eigenvalue weighted by Crippen LogP contribution is 2.37. The van der Waals surface area contributed by atoms with Gasteiger partial charge in [-0.1, -0.05) is 25.7 Å². The second kappa shape index (κ2) is 6.54. The number of hydrogen-bond acceptors (Lipinski definition) is 3. The smallest absolute Gasteiger partial charge is 0.109 e. The molecule has 0 heterocycles. The van der Waals surface area contributed by atoms with Crippen molar-refractivity contribution in [3.05, 3.63) is 0 Å². The van der Waals surface area contributed by atoms with E-state index in [1.165, 1.54) is 44.9 Å². The van der Waals surface area contributed by atoms with Gasteiger partial charge in [-0.15, -0.1) is 0 Å². The van der Waals surface area contributed by atoms with Crippen molar-refractivity contribution in [1.82, 2.24) is 5.32 Å². The molecule has 2 aliphatic rings. The summed E-state index contributed by atoms with van der Waals surface area (Å²) in [4.78, 5) is 0. The lowest BCUT2D eigenvalue weighted by Crippen LogP contribution is -2.45. The van der Waals surface area contributed by atoms with Gasteiger partial charge in [0, 0.05) is 6.61 Å². The van der Waals surface area contributed by atoms with Crippen LogP contribution in [0.25, 0.3) is 0 Å². The fraction of sp³-hybridized carbons (Fsp3) is 0.933.